The molecule has 2 fully saturated rings. The summed E-state index contributed by atoms with van der Waals surface area (Å²) in [6.45, 7) is 17.2. The topological polar surface area (TPSA) is 267 Å². The molecular weight excluding hydrogens is 900 g/mol. The quantitative estimate of drug-likeness (QED) is 0.147. The normalized spacial score (nSPS) is 15.4. The van der Waals surface area contributed by atoms with Crippen molar-refractivity contribution in [3.8, 4) is 12.1 Å². The fraction of sp³-hybridized carbons (Fsp3) is 0.571. The van der Waals surface area contributed by atoms with Gasteiger partial charge in [0.2, 0.25) is 54.4 Å². The minimum atomic E-state index is -3.66. The van der Waals surface area contributed by atoms with Crippen molar-refractivity contribution in [2.24, 2.45) is 10.8 Å². The predicted octanol–water partition coefficient (Wildman–Crippen LogP) is 3.81. The Morgan fingerprint density at radius 3 is 1.43 bits per heavy atom. The highest BCUT2D eigenvalue weighted by Crippen LogP contribution is 2.27. The second kappa shape index (κ2) is 21.7. The molecule has 0 saturated carbocycles. The van der Waals surface area contributed by atoms with E-state index in [1.54, 1.807) is 18.5 Å². The molecule has 20 nitrogen and oxygen atoms in total. The molecule has 2 aliphatic heterocycles. The first-order valence-electron chi connectivity index (χ1n) is 21.1. The summed E-state index contributed by atoms with van der Waals surface area (Å²) in [6.07, 6.45) is 5.85. The molecule has 0 spiro atoms. The SMILES string of the molecule is CC(C)(C)Cn1c(CN2C(=O)CNCC2=O)cc2cnc(C#N)nc21.CCCCS(=O)(=O)Cl.CCCCS(=O)(=O)N1CC(=O)N(Cc2cc3cnc(C#N)nc3n2CC(C)(C)C)C(=O)C1. The number of sulfonamides is 1. The lowest BCUT2D eigenvalue weighted by atomic mass is 9.97. The number of halogens is 1. The van der Waals surface area contributed by atoms with Gasteiger partial charge in [0, 0.05) is 58.3 Å². The average Bonchev–Trinajstić information content (AvgIpc) is 3.72. The number of hydrogen-bond donors (Lipinski definition) is 1. The molecular formula is C42H57ClN12O8S2. The molecule has 2 aliphatic rings. The van der Waals surface area contributed by atoms with Gasteiger partial charge < -0.3 is 9.13 Å². The number of imide groups is 2. The summed E-state index contributed by atoms with van der Waals surface area (Å²) >= 11 is 0. The molecule has 6 heterocycles. The molecule has 4 aromatic heterocycles. The number of carbonyl (C=O) groups excluding carboxylic acids is 4. The smallest absolute Gasteiger partial charge is 0.244 e. The van der Waals surface area contributed by atoms with E-state index in [-0.39, 0.29) is 85.1 Å². The Labute approximate surface area is 384 Å². The highest BCUT2D eigenvalue weighted by Gasteiger charge is 2.37. The Balaban J connectivity index is 0.000000249. The van der Waals surface area contributed by atoms with Crippen molar-refractivity contribution in [2.75, 3.05) is 37.7 Å². The zero-order chi connectivity index (χ0) is 48.5. The second-order valence-electron chi connectivity index (χ2n) is 18.1. The Morgan fingerprint density at radius 1 is 0.677 bits per heavy atom. The van der Waals surface area contributed by atoms with Crippen LogP contribution in [-0.4, -0.2) is 121 Å². The third-order valence-corrected chi connectivity index (χ3v) is 12.9. The van der Waals surface area contributed by atoms with Crippen molar-refractivity contribution in [3.05, 3.63) is 47.6 Å². The predicted molar refractivity (Wildman–Crippen MR) is 242 cm³/mol. The molecule has 0 unspecified atom stereocenters. The van der Waals surface area contributed by atoms with Crippen LogP contribution in [0.25, 0.3) is 22.1 Å². The summed E-state index contributed by atoms with van der Waals surface area (Å²) in [4.78, 5) is 68.7. The van der Waals surface area contributed by atoms with Crippen molar-refractivity contribution in [2.45, 2.75) is 107 Å². The number of piperazine rings is 2. The van der Waals surface area contributed by atoms with E-state index in [9.17, 15) is 36.0 Å². The van der Waals surface area contributed by atoms with E-state index in [4.69, 9.17) is 21.2 Å². The Morgan fingerprint density at radius 2 is 1.08 bits per heavy atom. The van der Waals surface area contributed by atoms with Crippen molar-refractivity contribution in [1.29, 1.82) is 10.5 Å². The largest absolute Gasteiger partial charge is 0.327 e. The summed E-state index contributed by atoms with van der Waals surface area (Å²) in [5.41, 5.74) is 2.49. The molecule has 0 aliphatic carbocycles. The van der Waals surface area contributed by atoms with Gasteiger partial charge in [0.25, 0.3) is 0 Å². The molecule has 4 aromatic rings. The Kier molecular flexibility index (Phi) is 17.5. The van der Waals surface area contributed by atoms with Crippen LogP contribution < -0.4 is 5.32 Å². The molecule has 65 heavy (non-hydrogen) atoms. The highest BCUT2D eigenvalue weighted by atomic mass is 35.7. The van der Waals surface area contributed by atoms with Crippen LogP contribution in [0.4, 0.5) is 0 Å². The molecule has 2 saturated heterocycles. The minimum absolute atomic E-state index is 0.00512. The van der Waals surface area contributed by atoms with Crippen molar-refractivity contribution >= 4 is 75.5 Å². The number of unbranched alkanes of at least 4 members (excludes halogenated alkanes) is 2. The van der Waals surface area contributed by atoms with Gasteiger partial charge in [0.05, 0.1) is 50.8 Å². The van der Waals surface area contributed by atoms with Gasteiger partial charge in [-0.15, -0.1) is 0 Å². The average molecular weight is 958 g/mol. The molecule has 6 rings (SSSR count). The van der Waals surface area contributed by atoms with Crippen LogP contribution in [-0.2, 0) is 64.4 Å². The van der Waals surface area contributed by atoms with E-state index in [0.717, 1.165) is 26.7 Å². The number of nitrogens with zero attached hydrogens (tertiary/aromatic N) is 11. The second-order valence-corrected chi connectivity index (χ2v) is 23.1. The highest BCUT2D eigenvalue weighted by molar-refractivity contribution is 8.13. The standard InChI is InChI=1S/C21H28N6O4S.C17H20N6O2.C4H9ClO2S/c1-5-6-7-32(30,31)25-12-18(28)26(19(29)13-25)11-16-8-15-10-23-17(9-22)24-20(15)27(16)14-21(2,3)4;1-17(2,3)10-23-12(9-22-14(24)7-19-8-15(22)25)4-11-6-20-13(5-18)21-16(11)23;1-2-3-4-8(5,6)7/h8,10H,5-7,11-14H2,1-4H3;4,6,19H,7-10H2,1-3H3;2-4H2,1H3. The van der Waals surface area contributed by atoms with Crippen LogP contribution in [0.2, 0.25) is 0 Å². The van der Waals surface area contributed by atoms with Gasteiger partial charge in [-0.05, 0) is 35.8 Å². The van der Waals surface area contributed by atoms with Crippen molar-refractivity contribution in [3.63, 3.8) is 0 Å². The zero-order valence-corrected chi connectivity index (χ0v) is 40.5. The van der Waals surface area contributed by atoms with Gasteiger partial charge in [-0.25, -0.2) is 36.8 Å². The van der Waals surface area contributed by atoms with E-state index in [2.05, 4.69) is 46.0 Å². The maximum atomic E-state index is 12.8. The number of fused-ring (bicyclic) bond motifs is 2. The lowest BCUT2D eigenvalue weighted by Crippen LogP contribution is -2.55. The van der Waals surface area contributed by atoms with E-state index in [0.29, 0.717) is 54.7 Å². The number of carbonyl (C=O) groups is 4. The third kappa shape index (κ3) is 14.8. The van der Waals surface area contributed by atoms with Crippen LogP contribution in [0, 0.1) is 33.5 Å². The van der Waals surface area contributed by atoms with Gasteiger partial charge in [0.1, 0.15) is 23.4 Å². The third-order valence-electron chi connectivity index (χ3n) is 9.82. The van der Waals surface area contributed by atoms with Crippen LogP contribution in [0.5, 0.6) is 0 Å². The maximum Gasteiger partial charge on any atom is 0.244 e. The zero-order valence-electron chi connectivity index (χ0n) is 38.1. The summed E-state index contributed by atoms with van der Waals surface area (Å²) in [7, 11) is -1.99. The minimum Gasteiger partial charge on any atom is -0.327 e. The summed E-state index contributed by atoms with van der Waals surface area (Å²) in [6, 6.07) is 7.56. The van der Waals surface area contributed by atoms with Gasteiger partial charge in [0.15, 0.2) is 0 Å². The van der Waals surface area contributed by atoms with E-state index in [1.165, 1.54) is 4.90 Å². The number of aromatic nitrogens is 6. The molecule has 0 aromatic carbocycles. The Hall–Kier alpha value is -5.39. The maximum absolute atomic E-state index is 12.8. The first-order valence-corrected chi connectivity index (χ1v) is 25.2. The molecule has 0 radical (unpaired) electrons. The number of nitrogens with one attached hydrogen (secondary N) is 1. The van der Waals surface area contributed by atoms with Gasteiger partial charge in [-0.3, -0.25) is 34.3 Å². The molecule has 23 heteroatoms. The summed E-state index contributed by atoms with van der Waals surface area (Å²) in [5, 5.41) is 22.5. The van der Waals surface area contributed by atoms with Gasteiger partial charge in [-0.2, -0.15) is 14.8 Å². The van der Waals surface area contributed by atoms with Gasteiger partial charge >= 0.3 is 0 Å². The first kappa shape index (κ1) is 52.2. The molecule has 1 N–H and O–H groups in total. The molecule has 352 valence electrons. The summed E-state index contributed by atoms with van der Waals surface area (Å²) < 4.78 is 50.0. The lowest BCUT2D eigenvalue weighted by molar-refractivity contribution is -0.150. The van der Waals surface area contributed by atoms with Crippen LogP contribution in [0.3, 0.4) is 0 Å². The number of hydrogen-bond acceptors (Lipinski definition) is 15. The van der Waals surface area contributed by atoms with Gasteiger partial charge in [-0.1, -0.05) is 68.2 Å². The fourth-order valence-corrected chi connectivity index (χ4v) is 9.26. The van der Waals surface area contributed by atoms with Crippen LogP contribution >= 0.6 is 10.7 Å². The van der Waals surface area contributed by atoms with Crippen molar-refractivity contribution < 1.29 is 36.0 Å². The number of rotatable bonds is 13. The van der Waals surface area contributed by atoms with E-state index >= 15 is 0 Å². The molecule has 0 atom stereocenters. The molecule has 4 amide bonds. The number of amides is 4. The molecule has 0 bridgehead atoms. The van der Waals surface area contributed by atoms with E-state index < -0.39 is 30.9 Å². The fourth-order valence-electron chi connectivity index (χ4n) is 6.78. The van der Waals surface area contributed by atoms with Crippen LogP contribution in [0.15, 0.2) is 24.5 Å². The number of nitriles is 2. The Bertz CT molecular complexity index is 2690. The lowest BCUT2D eigenvalue weighted by Gasteiger charge is -2.32. The van der Waals surface area contributed by atoms with Crippen LogP contribution in [0.1, 0.15) is 104 Å². The summed E-state index contributed by atoms with van der Waals surface area (Å²) in [5.74, 6) is -1.44. The first-order chi connectivity index (χ1) is 30.3. The van der Waals surface area contributed by atoms with Crippen molar-refractivity contribution in [1.82, 2.24) is 48.5 Å². The van der Waals surface area contributed by atoms with E-state index in [1.807, 2.05) is 62.0 Å². The monoisotopic (exact) mass is 956 g/mol.